The quantitative estimate of drug-likeness (QED) is 0.838. The molecule has 0 bridgehead atoms. The van der Waals surface area contributed by atoms with E-state index in [1.165, 1.54) is 18.2 Å². The van der Waals surface area contributed by atoms with Crippen LogP contribution in [0.25, 0.3) is 0 Å². The van der Waals surface area contributed by atoms with E-state index in [0.717, 1.165) is 0 Å². The fourth-order valence-corrected chi connectivity index (χ4v) is 1.70. The summed E-state index contributed by atoms with van der Waals surface area (Å²) in [6.45, 7) is 7.90. The number of aromatic hydroxyl groups is 1. The number of phenolic OH excluding ortho intramolecular Hbond substituents is 1. The molecule has 3 nitrogen and oxygen atoms in total. The number of hydrogen-bond donors (Lipinski definition) is 1. The van der Waals surface area contributed by atoms with E-state index in [9.17, 15) is 9.90 Å². The van der Waals surface area contributed by atoms with Crippen molar-refractivity contribution in [2.24, 2.45) is 0 Å². The molecular formula is C13H16ClNO2. The minimum absolute atomic E-state index is 0.0278. The van der Waals surface area contributed by atoms with Gasteiger partial charge in [-0.1, -0.05) is 17.7 Å². The van der Waals surface area contributed by atoms with Crippen LogP contribution in [0.15, 0.2) is 30.9 Å². The smallest absolute Gasteiger partial charge is 0.256 e. The standard InChI is InChI=1S/C13H16ClNO2/c1-4-7-15(9(2)3)13(17)11-8-10(16)5-6-12(11)14/h4-6,8-9,16H,1,7H2,2-3H3. The van der Waals surface area contributed by atoms with Crippen molar-refractivity contribution in [3.63, 3.8) is 0 Å². The minimum atomic E-state index is -0.208. The second-order valence-electron chi connectivity index (χ2n) is 4.00. The number of benzene rings is 1. The van der Waals surface area contributed by atoms with Gasteiger partial charge in [0.05, 0.1) is 10.6 Å². The lowest BCUT2D eigenvalue weighted by Crippen LogP contribution is -2.37. The third-order valence-electron chi connectivity index (χ3n) is 2.39. The van der Waals surface area contributed by atoms with Gasteiger partial charge in [-0.05, 0) is 32.0 Å². The number of rotatable bonds is 4. The van der Waals surface area contributed by atoms with Crippen LogP contribution >= 0.6 is 11.6 Å². The first-order chi connectivity index (χ1) is 7.97. The lowest BCUT2D eigenvalue weighted by atomic mass is 10.1. The fourth-order valence-electron chi connectivity index (χ4n) is 1.50. The maximum atomic E-state index is 12.2. The molecule has 1 N–H and O–H groups in total. The lowest BCUT2D eigenvalue weighted by Gasteiger charge is -2.25. The van der Waals surface area contributed by atoms with E-state index in [2.05, 4.69) is 6.58 Å². The average Bonchev–Trinajstić information content (AvgIpc) is 2.28. The molecule has 0 aliphatic rings. The highest BCUT2D eigenvalue weighted by Crippen LogP contribution is 2.23. The van der Waals surface area contributed by atoms with E-state index in [4.69, 9.17) is 11.6 Å². The van der Waals surface area contributed by atoms with Crippen molar-refractivity contribution in [2.45, 2.75) is 19.9 Å². The molecule has 0 saturated heterocycles. The highest BCUT2D eigenvalue weighted by atomic mass is 35.5. The fraction of sp³-hybridized carbons (Fsp3) is 0.308. The van der Waals surface area contributed by atoms with Crippen molar-refractivity contribution >= 4 is 17.5 Å². The number of phenols is 1. The molecule has 1 aromatic carbocycles. The van der Waals surface area contributed by atoms with Crippen molar-refractivity contribution < 1.29 is 9.90 Å². The minimum Gasteiger partial charge on any atom is -0.508 e. The van der Waals surface area contributed by atoms with E-state index in [-0.39, 0.29) is 17.7 Å². The predicted molar refractivity (Wildman–Crippen MR) is 69.5 cm³/mol. The second kappa shape index (κ2) is 5.73. The Balaban J connectivity index is 3.08. The summed E-state index contributed by atoms with van der Waals surface area (Å²) in [5.41, 5.74) is 0.308. The van der Waals surface area contributed by atoms with Crippen LogP contribution < -0.4 is 0 Å². The van der Waals surface area contributed by atoms with Gasteiger partial charge in [0, 0.05) is 12.6 Å². The van der Waals surface area contributed by atoms with Crippen LogP contribution in [0, 0.1) is 0 Å². The van der Waals surface area contributed by atoms with Gasteiger partial charge in [0.1, 0.15) is 5.75 Å². The second-order valence-corrected chi connectivity index (χ2v) is 4.41. The van der Waals surface area contributed by atoms with Gasteiger partial charge in [-0.2, -0.15) is 0 Å². The first kappa shape index (κ1) is 13.6. The molecule has 0 aromatic heterocycles. The van der Waals surface area contributed by atoms with E-state index >= 15 is 0 Å². The third-order valence-corrected chi connectivity index (χ3v) is 2.72. The molecule has 1 aromatic rings. The third kappa shape index (κ3) is 3.24. The topological polar surface area (TPSA) is 40.5 Å². The van der Waals surface area contributed by atoms with E-state index < -0.39 is 0 Å². The van der Waals surface area contributed by atoms with Crippen molar-refractivity contribution in [2.75, 3.05) is 6.54 Å². The number of hydrogen-bond acceptors (Lipinski definition) is 2. The molecule has 92 valence electrons. The zero-order valence-corrected chi connectivity index (χ0v) is 10.7. The summed E-state index contributed by atoms with van der Waals surface area (Å²) >= 11 is 5.96. The largest absolute Gasteiger partial charge is 0.508 e. The molecule has 0 aliphatic heterocycles. The molecular weight excluding hydrogens is 238 g/mol. The zero-order valence-electron chi connectivity index (χ0n) is 9.98. The molecule has 0 spiro atoms. The van der Waals surface area contributed by atoms with Crippen molar-refractivity contribution in [3.05, 3.63) is 41.4 Å². The van der Waals surface area contributed by atoms with Crippen LogP contribution in [0.5, 0.6) is 5.75 Å². The number of nitrogens with zero attached hydrogens (tertiary/aromatic N) is 1. The summed E-state index contributed by atoms with van der Waals surface area (Å²) in [6, 6.07) is 4.38. The van der Waals surface area contributed by atoms with Crippen LogP contribution in [0.4, 0.5) is 0 Å². The van der Waals surface area contributed by atoms with Crippen LogP contribution in [0.2, 0.25) is 5.02 Å². The van der Waals surface area contributed by atoms with E-state index in [1.54, 1.807) is 11.0 Å². The summed E-state index contributed by atoms with van der Waals surface area (Å²) in [4.78, 5) is 13.9. The Morgan fingerprint density at radius 1 is 1.59 bits per heavy atom. The van der Waals surface area contributed by atoms with Gasteiger partial charge in [0.15, 0.2) is 0 Å². The van der Waals surface area contributed by atoms with Gasteiger partial charge in [-0.25, -0.2) is 0 Å². The summed E-state index contributed by atoms with van der Waals surface area (Å²) in [5, 5.41) is 9.72. The molecule has 0 fully saturated rings. The molecule has 0 aliphatic carbocycles. The van der Waals surface area contributed by atoms with E-state index in [0.29, 0.717) is 17.1 Å². The molecule has 0 saturated carbocycles. The monoisotopic (exact) mass is 253 g/mol. The molecule has 1 amide bonds. The Morgan fingerprint density at radius 3 is 2.76 bits per heavy atom. The highest BCUT2D eigenvalue weighted by Gasteiger charge is 2.20. The maximum absolute atomic E-state index is 12.2. The Morgan fingerprint density at radius 2 is 2.24 bits per heavy atom. The Labute approximate surface area is 106 Å². The van der Waals surface area contributed by atoms with Gasteiger partial charge in [-0.3, -0.25) is 4.79 Å². The van der Waals surface area contributed by atoms with Gasteiger partial charge in [0.2, 0.25) is 0 Å². The van der Waals surface area contributed by atoms with Crippen LogP contribution in [0.1, 0.15) is 24.2 Å². The molecule has 17 heavy (non-hydrogen) atoms. The number of carbonyl (C=O) groups excluding carboxylic acids is 1. The normalized spacial score (nSPS) is 10.4. The predicted octanol–water partition coefficient (Wildman–Crippen LogP) is 3.08. The zero-order chi connectivity index (χ0) is 13.0. The highest BCUT2D eigenvalue weighted by molar-refractivity contribution is 6.33. The van der Waals surface area contributed by atoms with E-state index in [1.807, 2.05) is 13.8 Å². The molecule has 0 heterocycles. The molecule has 1 rings (SSSR count). The van der Waals surface area contributed by atoms with Gasteiger partial charge < -0.3 is 10.0 Å². The molecule has 0 atom stereocenters. The van der Waals surface area contributed by atoms with Gasteiger partial charge in [0.25, 0.3) is 5.91 Å². The SMILES string of the molecule is C=CCN(C(=O)c1cc(O)ccc1Cl)C(C)C. The summed E-state index contributed by atoms with van der Waals surface area (Å²) in [7, 11) is 0. The molecule has 4 heteroatoms. The maximum Gasteiger partial charge on any atom is 0.256 e. The van der Waals surface area contributed by atoms with Crippen molar-refractivity contribution in [1.82, 2.24) is 4.90 Å². The summed E-state index contributed by atoms with van der Waals surface area (Å²) in [6.07, 6.45) is 1.66. The molecule has 0 unspecified atom stereocenters. The van der Waals surface area contributed by atoms with Crippen LogP contribution in [-0.2, 0) is 0 Å². The lowest BCUT2D eigenvalue weighted by molar-refractivity contribution is 0.0728. The summed E-state index contributed by atoms with van der Waals surface area (Å²) < 4.78 is 0. The van der Waals surface area contributed by atoms with Crippen LogP contribution in [-0.4, -0.2) is 28.5 Å². The first-order valence-corrected chi connectivity index (χ1v) is 5.75. The average molecular weight is 254 g/mol. The number of amides is 1. The van der Waals surface area contributed by atoms with Gasteiger partial charge >= 0.3 is 0 Å². The van der Waals surface area contributed by atoms with Gasteiger partial charge in [-0.15, -0.1) is 6.58 Å². The Kier molecular flexibility index (Phi) is 4.58. The van der Waals surface area contributed by atoms with Crippen LogP contribution in [0.3, 0.4) is 0 Å². The number of halogens is 1. The number of carbonyl (C=O) groups is 1. The first-order valence-electron chi connectivity index (χ1n) is 5.37. The Bertz CT molecular complexity index is 429. The Hall–Kier alpha value is -1.48. The van der Waals surface area contributed by atoms with Crippen molar-refractivity contribution in [1.29, 1.82) is 0 Å². The van der Waals surface area contributed by atoms with Crippen molar-refractivity contribution in [3.8, 4) is 5.75 Å². The molecule has 0 radical (unpaired) electrons. The summed E-state index contributed by atoms with van der Waals surface area (Å²) in [5.74, 6) is -0.180.